The summed E-state index contributed by atoms with van der Waals surface area (Å²) >= 11 is 5.98. The van der Waals surface area contributed by atoms with Crippen molar-refractivity contribution in [2.45, 2.75) is 6.92 Å². The third-order valence-corrected chi connectivity index (χ3v) is 3.68. The van der Waals surface area contributed by atoms with E-state index in [2.05, 4.69) is 16.0 Å². The first-order valence-corrected chi connectivity index (χ1v) is 7.64. The van der Waals surface area contributed by atoms with Crippen molar-refractivity contribution in [3.05, 3.63) is 58.9 Å². The van der Waals surface area contributed by atoms with E-state index in [4.69, 9.17) is 11.6 Å². The Bertz CT molecular complexity index is 752. The van der Waals surface area contributed by atoms with Crippen LogP contribution in [-0.2, 0) is 9.59 Å². The van der Waals surface area contributed by atoms with E-state index < -0.39 is 5.82 Å². The van der Waals surface area contributed by atoms with Gasteiger partial charge in [0.2, 0.25) is 11.8 Å². The average molecular weight is 350 g/mol. The molecule has 0 fully saturated rings. The molecule has 0 heterocycles. The molecule has 0 spiro atoms. The monoisotopic (exact) mass is 349 g/mol. The van der Waals surface area contributed by atoms with Crippen molar-refractivity contribution < 1.29 is 14.0 Å². The van der Waals surface area contributed by atoms with Crippen molar-refractivity contribution in [1.29, 1.82) is 0 Å². The van der Waals surface area contributed by atoms with Crippen LogP contribution in [0.5, 0.6) is 0 Å². The zero-order valence-electron chi connectivity index (χ0n) is 13.0. The van der Waals surface area contributed by atoms with Gasteiger partial charge in [-0.1, -0.05) is 23.7 Å². The predicted octanol–water partition coefficient (Wildman–Crippen LogP) is 2.95. The van der Waals surface area contributed by atoms with E-state index in [0.29, 0.717) is 16.4 Å². The highest BCUT2D eigenvalue weighted by Gasteiger charge is 2.08. The van der Waals surface area contributed by atoms with Crippen LogP contribution in [0, 0.1) is 12.7 Å². The van der Waals surface area contributed by atoms with E-state index >= 15 is 0 Å². The van der Waals surface area contributed by atoms with Gasteiger partial charge in [-0.3, -0.25) is 9.59 Å². The third kappa shape index (κ3) is 5.24. The normalized spacial score (nSPS) is 10.1. The number of carbonyl (C=O) groups is 2. The fourth-order valence-corrected chi connectivity index (χ4v) is 2.13. The second-order valence-corrected chi connectivity index (χ2v) is 5.51. The lowest BCUT2D eigenvalue weighted by Gasteiger charge is -2.11. The van der Waals surface area contributed by atoms with Gasteiger partial charge in [0.1, 0.15) is 5.82 Å². The summed E-state index contributed by atoms with van der Waals surface area (Å²) in [5.41, 5.74) is 1.84. The summed E-state index contributed by atoms with van der Waals surface area (Å²) in [4.78, 5) is 23.6. The molecule has 0 aliphatic rings. The van der Waals surface area contributed by atoms with Gasteiger partial charge in [0, 0.05) is 16.4 Å². The maximum Gasteiger partial charge on any atom is 0.243 e. The molecular formula is C17H17ClFN3O2. The van der Waals surface area contributed by atoms with Crippen molar-refractivity contribution in [2.75, 3.05) is 23.7 Å². The molecular weight excluding hydrogens is 333 g/mol. The maximum atomic E-state index is 13.0. The summed E-state index contributed by atoms with van der Waals surface area (Å²) in [6.45, 7) is 1.56. The van der Waals surface area contributed by atoms with Crippen molar-refractivity contribution in [1.82, 2.24) is 5.32 Å². The van der Waals surface area contributed by atoms with Gasteiger partial charge in [0.05, 0.1) is 13.1 Å². The number of rotatable bonds is 6. The lowest BCUT2D eigenvalue weighted by atomic mass is 10.2. The fourth-order valence-electron chi connectivity index (χ4n) is 1.96. The fraction of sp³-hybridized carbons (Fsp3) is 0.176. The van der Waals surface area contributed by atoms with Gasteiger partial charge in [0.15, 0.2) is 0 Å². The maximum absolute atomic E-state index is 13.0. The molecule has 0 atom stereocenters. The highest BCUT2D eigenvalue weighted by Crippen LogP contribution is 2.22. The third-order valence-electron chi connectivity index (χ3n) is 3.27. The molecule has 24 heavy (non-hydrogen) atoms. The van der Waals surface area contributed by atoms with Gasteiger partial charge in [-0.05, 0) is 42.8 Å². The van der Waals surface area contributed by atoms with Crippen LogP contribution in [0.4, 0.5) is 15.8 Å². The van der Waals surface area contributed by atoms with Crippen LogP contribution < -0.4 is 16.0 Å². The minimum atomic E-state index is -0.392. The second kappa shape index (κ2) is 8.31. The lowest BCUT2D eigenvalue weighted by molar-refractivity contribution is -0.122. The van der Waals surface area contributed by atoms with Crippen molar-refractivity contribution in [3.63, 3.8) is 0 Å². The van der Waals surface area contributed by atoms with E-state index in [9.17, 15) is 14.0 Å². The average Bonchev–Trinajstić information content (AvgIpc) is 2.55. The smallest absolute Gasteiger partial charge is 0.243 e. The van der Waals surface area contributed by atoms with Crippen molar-refractivity contribution in [3.8, 4) is 0 Å². The van der Waals surface area contributed by atoms with Crippen LogP contribution in [0.2, 0.25) is 5.02 Å². The number of benzene rings is 2. The van der Waals surface area contributed by atoms with Crippen LogP contribution >= 0.6 is 11.6 Å². The first kappa shape index (κ1) is 17.7. The van der Waals surface area contributed by atoms with Gasteiger partial charge in [-0.25, -0.2) is 4.39 Å². The molecule has 2 rings (SSSR count). The molecule has 2 amide bonds. The van der Waals surface area contributed by atoms with E-state index in [-0.39, 0.29) is 24.9 Å². The number of carbonyl (C=O) groups excluding carboxylic acids is 2. The summed E-state index contributed by atoms with van der Waals surface area (Å²) in [7, 11) is 0. The van der Waals surface area contributed by atoms with Gasteiger partial charge in [-0.2, -0.15) is 0 Å². The van der Waals surface area contributed by atoms with E-state index in [1.54, 1.807) is 31.2 Å². The molecule has 2 aromatic rings. The zero-order valence-corrected chi connectivity index (χ0v) is 13.8. The summed E-state index contributed by atoms with van der Waals surface area (Å²) in [6, 6.07) is 11.0. The number of hydrogen-bond donors (Lipinski definition) is 3. The topological polar surface area (TPSA) is 70.2 Å². The number of nitrogens with one attached hydrogen (secondary N) is 3. The Morgan fingerprint density at radius 3 is 2.58 bits per heavy atom. The van der Waals surface area contributed by atoms with Crippen LogP contribution in [0.3, 0.4) is 0 Å². The molecule has 5 nitrogen and oxygen atoms in total. The molecule has 0 unspecified atom stereocenters. The Hall–Kier alpha value is -2.60. The molecule has 0 aromatic heterocycles. The quantitative estimate of drug-likeness (QED) is 0.751. The van der Waals surface area contributed by atoms with Gasteiger partial charge >= 0.3 is 0 Å². The molecule has 0 radical (unpaired) electrons. The SMILES string of the molecule is Cc1c(Cl)cccc1NC(=O)CNC(=O)CNc1cccc(F)c1. The van der Waals surface area contributed by atoms with Gasteiger partial charge < -0.3 is 16.0 Å². The van der Waals surface area contributed by atoms with Crippen molar-refractivity contribution in [2.24, 2.45) is 0 Å². The highest BCUT2D eigenvalue weighted by molar-refractivity contribution is 6.31. The summed E-state index contributed by atoms with van der Waals surface area (Å²) in [5, 5.41) is 8.49. The van der Waals surface area contributed by atoms with E-state index in [0.717, 1.165) is 5.56 Å². The van der Waals surface area contributed by atoms with Crippen LogP contribution in [0.1, 0.15) is 5.56 Å². The largest absolute Gasteiger partial charge is 0.376 e. The predicted molar refractivity (Wildman–Crippen MR) is 92.7 cm³/mol. The van der Waals surface area contributed by atoms with Crippen molar-refractivity contribution >= 4 is 34.8 Å². The number of hydrogen-bond acceptors (Lipinski definition) is 3. The molecule has 2 aromatic carbocycles. The van der Waals surface area contributed by atoms with E-state index in [1.807, 2.05) is 0 Å². The Kier molecular flexibility index (Phi) is 6.14. The first-order valence-electron chi connectivity index (χ1n) is 7.27. The molecule has 3 N–H and O–H groups in total. The number of anilines is 2. The standard InChI is InChI=1S/C17H17ClFN3O2/c1-11-14(18)6-3-7-15(11)22-17(24)10-21-16(23)9-20-13-5-2-4-12(19)8-13/h2-8,20H,9-10H2,1H3,(H,21,23)(H,22,24). The summed E-state index contributed by atoms with van der Waals surface area (Å²) in [6.07, 6.45) is 0. The Labute approximate surface area is 144 Å². The Morgan fingerprint density at radius 2 is 1.83 bits per heavy atom. The molecule has 0 saturated carbocycles. The molecule has 0 aliphatic heterocycles. The minimum absolute atomic E-state index is 0.0626. The molecule has 7 heteroatoms. The Morgan fingerprint density at radius 1 is 1.08 bits per heavy atom. The summed E-state index contributed by atoms with van der Waals surface area (Å²) < 4.78 is 13.0. The lowest BCUT2D eigenvalue weighted by Crippen LogP contribution is -2.36. The van der Waals surface area contributed by atoms with Crippen LogP contribution in [-0.4, -0.2) is 24.9 Å². The Balaban J connectivity index is 1.77. The second-order valence-electron chi connectivity index (χ2n) is 5.10. The number of halogens is 2. The van der Waals surface area contributed by atoms with Crippen LogP contribution in [0.25, 0.3) is 0 Å². The van der Waals surface area contributed by atoms with Gasteiger partial charge in [0.25, 0.3) is 0 Å². The highest BCUT2D eigenvalue weighted by atomic mass is 35.5. The van der Waals surface area contributed by atoms with Gasteiger partial charge in [-0.15, -0.1) is 0 Å². The summed E-state index contributed by atoms with van der Waals surface area (Å²) in [5.74, 6) is -1.13. The minimum Gasteiger partial charge on any atom is -0.376 e. The molecule has 0 aliphatic carbocycles. The zero-order chi connectivity index (χ0) is 17.5. The first-order chi connectivity index (χ1) is 11.5. The van der Waals surface area contributed by atoms with Crippen LogP contribution in [0.15, 0.2) is 42.5 Å². The molecule has 126 valence electrons. The molecule has 0 saturated heterocycles. The number of amides is 2. The van der Waals surface area contributed by atoms with E-state index in [1.165, 1.54) is 18.2 Å². The molecule has 0 bridgehead atoms.